The minimum absolute atomic E-state index is 0. The Morgan fingerprint density at radius 2 is 0.909 bits per heavy atom. The third-order valence-corrected chi connectivity index (χ3v) is 7.24. The number of hydrogen-bond donors (Lipinski definition) is 0. The summed E-state index contributed by atoms with van der Waals surface area (Å²) >= 11 is 0. The molecule has 0 amide bonds. The second-order valence-corrected chi connectivity index (χ2v) is 9.86. The van der Waals surface area contributed by atoms with Gasteiger partial charge in [0.15, 0.2) is 0 Å². The van der Waals surface area contributed by atoms with Crippen LogP contribution in [0.25, 0.3) is 43.8 Å². The number of hydrogen-bond acceptors (Lipinski definition) is 2. The third-order valence-electron chi connectivity index (χ3n) is 7.24. The first-order chi connectivity index (χ1) is 20.0. The summed E-state index contributed by atoms with van der Waals surface area (Å²) in [5, 5.41) is 5.32. The van der Waals surface area contributed by atoms with Crippen molar-refractivity contribution >= 4 is 21.5 Å². The maximum absolute atomic E-state index is 5.21. The number of aryl methyl sites for hydroxylation is 2. The van der Waals surface area contributed by atoms with Gasteiger partial charge in [0.2, 0.25) is 0 Å². The molecule has 0 N–H and O–H groups in total. The van der Waals surface area contributed by atoms with Crippen molar-refractivity contribution in [1.82, 2.24) is 0 Å². The molecule has 0 spiro atoms. The molecule has 232 valence electrons. The van der Waals surface area contributed by atoms with Crippen LogP contribution in [0.5, 0.6) is 11.5 Å². The molecule has 0 saturated carbocycles. The topological polar surface area (TPSA) is 18.5 Å². The van der Waals surface area contributed by atoms with Crippen LogP contribution in [0.15, 0.2) is 109 Å². The summed E-state index contributed by atoms with van der Waals surface area (Å²) in [6, 6.07) is 38.7. The van der Waals surface area contributed by atoms with Crippen molar-refractivity contribution in [2.24, 2.45) is 0 Å². The molecule has 0 heterocycles. The molecule has 0 bridgehead atoms. The van der Waals surface area contributed by atoms with Crippen LogP contribution in [0, 0.1) is 13.8 Å². The molecule has 44 heavy (non-hydrogen) atoms. The van der Waals surface area contributed by atoms with Crippen LogP contribution in [0.3, 0.4) is 0 Å². The second kappa shape index (κ2) is 19.5. The van der Waals surface area contributed by atoms with Crippen molar-refractivity contribution in [2.45, 2.75) is 33.1 Å². The van der Waals surface area contributed by atoms with E-state index in [0.717, 1.165) is 30.8 Å². The first-order valence-electron chi connectivity index (χ1n) is 14.3. The van der Waals surface area contributed by atoms with E-state index < -0.39 is 0 Å². The Morgan fingerprint density at radius 1 is 0.568 bits per heavy atom. The average Bonchev–Trinajstić information content (AvgIpc) is 3.66. The Labute approximate surface area is 295 Å². The molecule has 0 fully saturated rings. The Bertz CT molecular complexity index is 1540. The summed E-state index contributed by atoms with van der Waals surface area (Å²) in [4.78, 5) is 0. The van der Waals surface area contributed by atoms with Crippen molar-refractivity contribution in [3.63, 3.8) is 0 Å². The van der Waals surface area contributed by atoms with Gasteiger partial charge in [0, 0.05) is 25.8 Å². The predicted octanol–water partition coefficient (Wildman–Crippen LogP) is 4.64. The van der Waals surface area contributed by atoms with E-state index in [0.29, 0.717) is 0 Å². The molecule has 0 aromatic heterocycles. The second-order valence-electron chi connectivity index (χ2n) is 9.86. The van der Waals surface area contributed by atoms with E-state index in [9.17, 15) is 0 Å². The van der Waals surface area contributed by atoms with E-state index >= 15 is 0 Å². The fourth-order valence-electron chi connectivity index (χ4n) is 5.05. The van der Waals surface area contributed by atoms with Crippen LogP contribution in [0.2, 0.25) is 0 Å². The van der Waals surface area contributed by atoms with Crippen LogP contribution in [0.1, 0.15) is 31.4 Å². The quantitative estimate of drug-likeness (QED) is 0.181. The van der Waals surface area contributed by atoms with Crippen LogP contribution in [0.4, 0.5) is 0 Å². The molecule has 0 aliphatic rings. The smallest absolute Gasteiger partial charge is 0.118 e. The Morgan fingerprint density at radius 3 is 1.20 bits per heavy atom. The number of benzene rings is 4. The van der Waals surface area contributed by atoms with Crippen molar-refractivity contribution < 1.29 is 60.1 Å². The van der Waals surface area contributed by atoms with Crippen LogP contribution in [-0.2, 0) is 38.7 Å². The Balaban J connectivity index is 0.000000380. The van der Waals surface area contributed by atoms with Gasteiger partial charge in [-0.25, -0.2) is 0 Å². The largest absolute Gasteiger partial charge is 1.00 e. The van der Waals surface area contributed by atoms with Gasteiger partial charge in [0.25, 0.3) is 0 Å². The van der Waals surface area contributed by atoms with Crippen molar-refractivity contribution in [3.05, 3.63) is 134 Å². The van der Waals surface area contributed by atoms with Gasteiger partial charge in [0.1, 0.15) is 11.5 Å². The number of rotatable bonds is 6. The standard InChI is InChI=1S/2C18H17O.C3H6.2ClH.Hf/c2*1-3-13-11-15-5-4-6-17(18(15)12-13)14-7-9-16(19-2)10-8-14;1-3-2;;;/h2*4-12H,3H2,1-2H3;1-3H2;2*1H;/q2*-1;-2;;;/p-2. The van der Waals surface area contributed by atoms with Crippen molar-refractivity contribution in [2.75, 3.05) is 14.2 Å². The third kappa shape index (κ3) is 9.57. The molecular formula is C39H40Cl2HfO2-6. The van der Waals surface area contributed by atoms with E-state index in [1.165, 1.54) is 54.9 Å². The summed E-state index contributed by atoms with van der Waals surface area (Å²) in [5.74, 6) is 1.79. The fraction of sp³-hybridized carbons (Fsp3) is 0.179. The molecule has 0 unspecified atom stereocenters. The van der Waals surface area contributed by atoms with Gasteiger partial charge in [-0.05, 0) is 48.2 Å². The summed E-state index contributed by atoms with van der Waals surface area (Å²) in [5.41, 5.74) is 7.85. The zero-order chi connectivity index (χ0) is 29.2. The molecule has 0 atom stereocenters. The molecule has 6 aromatic carbocycles. The predicted molar refractivity (Wildman–Crippen MR) is 177 cm³/mol. The first kappa shape index (κ1) is 39.2. The van der Waals surface area contributed by atoms with Gasteiger partial charge in [-0.1, -0.05) is 61.4 Å². The maximum Gasteiger partial charge on any atom is 0.118 e. The number of methoxy groups -OCH3 is 2. The average molecular weight is 790 g/mol. The molecular weight excluding hydrogens is 750 g/mol. The molecule has 2 nitrogen and oxygen atoms in total. The Hall–Kier alpha value is -2.85. The van der Waals surface area contributed by atoms with Crippen LogP contribution >= 0.6 is 0 Å². The van der Waals surface area contributed by atoms with Gasteiger partial charge in [-0.3, -0.25) is 0 Å². The van der Waals surface area contributed by atoms with Gasteiger partial charge in [-0.15, -0.1) is 69.1 Å². The normalized spacial score (nSPS) is 9.77. The fourth-order valence-corrected chi connectivity index (χ4v) is 5.05. The van der Waals surface area contributed by atoms with E-state index in [4.69, 9.17) is 9.47 Å². The minimum atomic E-state index is 0. The van der Waals surface area contributed by atoms with Crippen LogP contribution in [-0.4, -0.2) is 14.2 Å². The van der Waals surface area contributed by atoms with Gasteiger partial charge >= 0.3 is 0 Å². The van der Waals surface area contributed by atoms with Gasteiger partial charge in [0.05, 0.1) is 14.2 Å². The molecule has 0 aliphatic carbocycles. The number of halogens is 2. The summed E-state index contributed by atoms with van der Waals surface area (Å²) in [7, 11) is 3.39. The summed E-state index contributed by atoms with van der Waals surface area (Å²) in [6.07, 6.45) is 2.91. The summed E-state index contributed by atoms with van der Waals surface area (Å²) < 4.78 is 10.4. The zero-order valence-corrected chi connectivity index (χ0v) is 31.1. The SMILES string of the molecule is CCc1cc2c(-c3ccc(OC)cc3)cccc2[cH-]1.CCc1cc2c(-c3ccc(OC)cc3)cccc2[cH-]1.[CH2-]C[CH2-].[Cl-].[Cl-].[Hf]. The molecule has 6 aromatic rings. The summed E-state index contributed by atoms with van der Waals surface area (Å²) in [6.45, 7) is 11.1. The molecule has 0 aliphatic heterocycles. The van der Waals surface area contributed by atoms with Crippen LogP contribution < -0.4 is 34.3 Å². The number of ether oxygens (including phenoxy) is 2. The molecule has 6 rings (SSSR count). The molecule has 0 saturated heterocycles. The van der Waals surface area contributed by atoms with Gasteiger partial charge in [-0.2, -0.15) is 12.1 Å². The van der Waals surface area contributed by atoms with E-state index in [1.807, 2.05) is 24.3 Å². The number of fused-ring (bicyclic) bond motifs is 2. The van der Waals surface area contributed by atoms with Crippen molar-refractivity contribution in [1.29, 1.82) is 0 Å². The zero-order valence-electron chi connectivity index (χ0n) is 26.0. The molecule has 0 radical (unpaired) electrons. The maximum atomic E-state index is 5.21. The first-order valence-corrected chi connectivity index (χ1v) is 14.3. The Kier molecular flexibility index (Phi) is 17.4. The molecule has 5 heteroatoms. The van der Waals surface area contributed by atoms with Gasteiger partial charge < -0.3 is 54.6 Å². The minimum Gasteiger partial charge on any atom is -1.00 e. The monoisotopic (exact) mass is 790 g/mol. The van der Waals surface area contributed by atoms with Crippen molar-refractivity contribution in [3.8, 4) is 33.8 Å². The van der Waals surface area contributed by atoms with E-state index in [-0.39, 0.29) is 50.7 Å². The van der Waals surface area contributed by atoms with E-state index in [2.05, 4.69) is 113 Å². The van der Waals surface area contributed by atoms with E-state index in [1.54, 1.807) is 14.2 Å².